The second kappa shape index (κ2) is 5.54. The first kappa shape index (κ1) is 13.6. The molecule has 0 spiro atoms. The number of nitrogens with zero attached hydrogens (tertiary/aromatic N) is 3. The van der Waals surface area contributed by atoms with E-state index in [0.717, 1.165) is 24.8 Å². The number of hydrogen-bond donors (Lipinski definition) is 1. The van der Waals surface area contributed by atoms with Gasteiger partial charge in [-0.3, -0.25) is 9.48 Å². The van der Waals surface area contributed by atoms with Crippen molar-refractivity contribution < 1.29 is 9.53 Å². The lowest BCUT2D eigenvalue weighted by Gasteiger charge is -2.34. The van der Waals surface area contributed by atoms with Gasteiger partial charge < -0.3 is 15.4 Å². The smallest absolute Gasteiger partial charge is 0.227 e. The summed E-state index contributed by atoms with van der Waals surface area (Å²) in [6.45, 7) is 1.85. The van der Waals surface area contributed by atoms with E-state index in [1.165, 1.54) is 0 Å². The molecular weight excluding hydrogens is 256 g/mol. The second-order valence-corrected chi connectivity index (χ2v) is 5.79. The summed E-state index contributed by atoms with van der Waals surface area (Å²) in [7, 11) is 1.88. The average molecular weight is 278 g/mol. The molecule has 0 bridgehead atoms. The van der Waals surface area contributed by atoms with Gasteiger partial charge in [0.05, 0.1) is 25.3 Å². The number of rotatable bonds is 2. The normalized spacial score (nSPS) is 30.7. The molecule has 2 fully saturated rings. The topological polar surface area (TPSA) is 73.4 Å². The number of amides is 1. The van der Waals surface area contributed by atoms with Gasteiger partial charge in [0.2, 0.25) is 5.91 Å². The van der Waals surface area contributed by atoms with Crippen molar-refractivity contribution >= 4 is 5.91 Å². The molecule has 1 aliphatic heterocycles. The maximum Gasteiger partial charge on any atom is 0.227 e. The van der Waals surface area contributed by atoms with Crippen molar-refractivity contribution in [3.05, 3.63) is 18.0 Å². The lowest BCUT2D eigenvalue weighted by atomic mass is 10.0. The molecule has 0 aromatic carbocycles. The lowest BCUT2D eigenvalue weighted by molar-refractivity contribution is -0.143. The molecule has 6 nitrogen and oxygen atoms in total. The van der Waals surface area contributed by atoms with Gasteiger partial charge in [0, 0.05) is 31.4 Å². The second-order valence-electron chi connectivity index (χ2n) is 5.79. The minimum absolute atomic E-state index is 0.00245. The van der Waals surface area contributed by atoms with Crippen LogP contribution in [0.5, 0.6) is 0 Å². The van der Waals surface area contributed by atoms with Crippen LogP contribution in [0.2, 0.25) is 0 Å². The molecule has 1 aromatic rings. The van der Waals surface area contributed by atoms with E-state index in [9.17, 15) is 4.79 Å². The van der Waals surface area contributed by atoms with Crippen LogP contribution in [0.1, 0.15) is 30.9 Å². The molecule has 2 heterocycles. The molecule has 2 N–H and O–H groups in total. The van der Waals surface area contributed by atoms with Gasteiger partial charge in [-0.15, -0.1) is 0 Å². The number of carbonyl (C=O) groups is 1. The van der Waals surface area contributed by atoms with Gasteiger partial charge in [-0.2, -0.15) is 5.10 Å². The first-order valence-electron chi connectivity index (χ1n) is 7.29. The van der Waals surface area contributed by atoms with E-state index in [1.807, 2.05) is 18.1 Å². The summed E-state index contributed by atoms with van der Waals surface area (Å²) in [4.78, 5) is 14.5. The molecule has 1 aromatic heterocycles. The predicted octanol–water partition coefficient (Wildman–Crippen LogP) is 0.447. The van der Waals surface area contributed by atoms with Crippen molar-refractivity contribution in [3.8, 4) is 0 Å². The Morgan fingerprint density at radius 3 is 3.00 bits per heavy atom. The number of nitrogens with two attached hydrogens (primary N) is 1. The van der Waals surface area contributed by atoms with Crippen LogP contribution in [-0.4, -0.2) is 46.3 Å². The minimum Gasteiger partial charge on any atom is -0.370 e. The molecule has 1 aliphatic carbocycles. The van der Waals surface area contributed by atoms with Gasteiger partial charge in [-0.05, 0) is 12.8 Å². The van der Waals surface area contributed by atoms with Crippen LogP contribution in [0, 0.1) is 5.92 Å². The Morgan fingerprint density at radius 1 is 1.50 bits per heavy atom. The van der Waals surface area contributed by atoms with Gasteiger partial charge >= 0.3 is 0 Å². The highest BCUT2D eigenvalue weighted by molar-refractivity contribution is 5.80. The van der Waals surface area contributed by atoms with Crippen molar-refractivity contribution in [1.29, 1.82) is 0 Å². The van der Waals surface area contributed by atoms with Crippen molar-refractivity contribution in [3.63, 3.8) is 0 Å². The first-order chi connectivity index (χ1) is 9.65. The van der Waals surface area contributed by atoms with E-state index < -0.39 is 0 Å². The van der Waals surface area contributed by atoms with Gasteiger partial charge in [-0.25, -0.2) is 0 Å². The molecule has 110 valence electrons. The van der Waals surface area contributed by atoms with Crippen LogP contribution >= 0.6 is 0 Å². The number of hydrogen-bond acceptors (Lipinski definition) is 4. The Morgan fingerprint density at radius 2 is 2.35 bits per heavy atom. The summed E-state index contributed by atoms with van der Waals surface area (Å²) in [6.07, 6.45) is 6.63. The number of ether oxygens (including phenoxy) is 1. The summed E-state index contributed by atoms with van der Waals surface area (Å²) in [5.74, 6) is 0.204. The van der Waals surface area contributed by atoms with Crippen molar-refractivity contribution in [2.75, 3.05) is 19.7 Å². The van der Waals surface area contributed by atoms with Gasteiger partial charge in [0.25, 0.3) is 0 Å². The first-order valence-corrected chi connectivity index (χ1v) is 7.29. The van der Waals surface area contributed by atoms with E-state index in [2.05, 4.69) is 5.10 Å². The van der Waals surface area contributed by atoms with Crippen LogP contribution in [0.4, 0.5) is 0 Å². The van der Waals surface area contributed by atoms with E-state index in [1.54, 1.807) is 10.9 Å². The minimum atomic E-state index is -0.0703. The van der Waals surface area contributed by atoms with Crippen LogP contribution < -0.4 is 5.73 Å². The summed E-state index contributed by atoms with van der Waals surface area (Å²) >= 11 is 0. The number of aryl methyl sites for hydroxylation is 1. The number of aromatic nitrogens is 2. The highest BCUT2D eigenvalue weighted by Gasteiger charge is 2.35. The highest BCUT2D eigenvalue weighted by Crippen LogP contribution is 2.28. The zero-order valence-corrected chi connectivity index (χ0v) is 11.9. The summed E-state index contributed by atoms with van der Waals surface area (Å²) in [5.41, 5.74) is 7.07. The highest BCUT2D eigenvalue weighted by atomic mass is 16.5. The molecule has 1 amide bonds. The van der Waals surface area contributed by atoms with Crippen molar-refractivity contribution in [2.24, 2.45) is 18.7 Å². The maximum absolute atomic E-state index is 12.6. The van der Waals surface area contributed by atoms with Crippen molar-refractivity contribution in [2.45, 2.75) is 31.4 Å². The third-order valence-electron chi connectivity index (χ3n) is 4.36. The van der Waals surface area contributed by atoms with E-state index in [-0.39, 0.29) is 24.0 Å². The monoisotopic (exact) mass is 278 g/mol. The molecule has 1 saturated heterocycles. The zero-order valence-electron chi connectivity index (χ0n) is 11.9. The zero-order chi connectivity index (χ0) is 14.1. The van der Waals surface area contributed by atoms with E-state index in [4.69, 9.17) is 10.5 Å². The largest absolute Gasteiger partial charge is 0.370 e. The van der Waals surface area contributed by atoms with Gasteiger partial charge in [-0.1, -0.05) is 6.42 Å². The van der Waals surface area contributed by atoms with E-state index >= 15 is 0 Å². The molecular formula is C14H22N4O2. The maximum atomic E-state index is 12.6. The van der Waals surface area contributed by atoms with Crippen LogP contribution in [-0.2, 0) is 16.6 Å². The third-order valence-corrected chi connectivity index (χ3v) is 4.36. The number of morpholine rings is 1. The fourth-order valence-electron chi connectivity index (χ4n) is 3.19. The summed E-state index contributed by atoms with van der Waals surface area (Å²) in [6, 6.07) is 0.0298. The van der Waals surface area contributed by atoms with Gasteiger partial charge in [0.1, 0.15) is 6.10 Å². The molecule has 20 heavy (non-hydrogen) atoms. The van der Waals surface area contributed by atoms with Gasteiger partial charge in [0.15, 0.2) is 0 Å². The molecule has 1 saturated carbocycles. The molecule has 6 heteroatoms. The summed E-state index contributed by atoms with van der Waals surface area (Å²) < 4.78 is 7.53. The Labute approximate surface area is 118 Å². The molecule has 3 atom stereocenters. The van der Waals surface area contributed by atoms with Crippen molar-refractivity contribution in [1.82, 2.24) is 14.7 Å². The SMILES string of the molecule is Cn1cc([C@@H]2CN(C(=O)[C@H]3CCC[C@@H]3N)CCO2)cn1. The van der Waals surface area contributed by atoms with E-state index in [0.29, 0.717) is 19.7 Å². The Bertz CT molecular complexity index is 487. The predicted molar refractivity (Wildman–Crippen MR) is 73.8 cm³/mol. The van der Waals surface area contributed by atoms with Crippen LogP contribution in [0.25, 0.3) is 0 Å². The number of carbonyl (C=O) groups excluding carboxylic acids is 1. The molecule has 0 unspecified atom stereocenters. The average Bonchev–Trinajstić information content (AvgIpc) is 3.07. The summed E-state index contributed by atoms with van der Waals surface area (Å²) in [5, 5.41) is 4.16. The van der Waals surface area contributed by atoms with Crippen LogP contribution in [0.3, 0.4) is 0 Å². The Balaban J connectivity index is 1.67. The molecule has 2 aliphatic rings. The fourth-order valence-corrected chi connectivity index (χ4v) is 3.19. The lowest BCUT2D eigenvalue weighted by Crippen LogP contribution is -2.47. The quantitative estimate of drug-likeness (QED) is 0.852. The Kier molecular flexibility index (Phi) is 3.76. The molecule has 3 rings (SSSR count). The Hall–Kier alpha value is -1.40. The molecule has 0 radical (unpaired) electrons. The van der Waals surface area contributed by atoms with Crippen LogP contribution in [0.15, 0.2) is 12.4 Å². The standard InChI is InChI=1S/C14H22N4O2/c1-17-8-10(7-16-17)13-9-18(5-6-20-13)14(19)11-3-2-4-12(11)15/h7-8,11-13H,2-6,9,15H2,1H3/t11-,12-,13-/m0/s1. The fraction of sp³-hybridized carbons (Fsp3) is 0.714. The third kappa shape index (κ3) is 2.58.